The molecule has 0 saturated carbocycles. The van der Waals surface area contributed by atoms with E-state index in [-0.39, 0.29) is 10.8 Å². The Morgan fingerprint density at radius 1 is 0.383 bits per heavy atom. The van der Waals surface area contributed by atoms with Gasteiger partial charge in [0.2, 0.25) is 0 Å². The van der Waals surface area contributed by atoms with Crippen LogP contribution in [0.1, 0.15) is 74.9 Å². The van der Waals surface area contributed by atoms with Crippen molar-refractivity contribution in [3.63, 3.8) is 0 Å². The van der Waals surface area contributed by atoms with Crippen LogP contribution in [0.2, 0.25) is 0 Å². The Balaban J connectivity index is 0.914. The molecule has 0 N–H and O–H groups in total. The zero-order chi connectivity index (χ0) is 63.9. The van der Waals surface area contributed by atoms with Gasteiger partial charge in [-0.25, -0.2) is 0 Å². The van der Waals surface area contributed by atoms with Gasteiger partial charge in [0.1, 0.15) is 0 Å². The minimum atomic E-state index is -0.906. The molecule has 0 amide bonds. The zero-order valence-corrected chi connectivity index (χ0v) is 55.5. The topological polar surface area (TPSA) is 38.5 Å². The third-order valence-electron chi connectivity index (χ3n) is 18.7. The zero-order valence-electron chi connectivity index (χ0n) is 53.3. The Bertz CT molecular complexity index is 5220. The third kappa shape index (κ3) is 9.90. The van der Waals surface area contributed by atoms with E-state index in [0.29, 0.717) is 11.5 Å². The van der Waals surface area contributed by atoms with Gasteiger partial charge in [0.05, 0.1) is 5.69 Å². The number of anilines is 6. The van der Waals surface area contributed by atoms with Crippen molar-refractivity contribution in [3.05, 3.63) is 347 Å². The number of imidazole rings is 1. The van der Waals surface area contributed by atoms with E-state index in [9.17, 15) is 0 Å². The normalized spacial score (nSPS) is 14.1. The first kappa shape index (κ1) is 58.4. The monoisotopic (exact) mass is 1390 g/mol. The van der Waals surface area contributed by atoms with E-state index in [0.717, 1.165) is 127 Å². The van der Waals surface area contributed by atoms with Crippen LogP contribution >= 0.6 is 0 Å². The molecule has 94 heavy (non-hydrogen) atoms. The van der Waals surface area contributed by atoms with Gasteiger partial charge < -0.3 is 4.90 Å². The van der Waals surface area contributed by atoms with Gasteiger partial charge in [0.15, 0.2) is 0 Å². The van der Waals surface area contributed by atoms with Crippen LogP contribution in [0, 0.1) is 15.9 Å². The van der Waals surface area contributed by atoms with E-state index in [1.54, 1.807) is 0 Å². The molecular formula is C87H67N5OPt-2. The molecule has 14 aromatic rings. The second-order valence-corrected chi connectivity index (χ2v) is 27.5. The van der Waals surface area contributed by atoms with Gasteiger partial charge in [-0.1, -0.05) is 136 Å². The molecule has 0 aliphatic carbocycles. The second kappa shape index (κ2) is 23.2. The van der Waals surface area contributed by atoms with Gasteiger partial charge in [0.25, 0.3) is 0 Å². The second-order valence-electron chi connectivity index (χ2n) is 26.5. The first-order valence-corrected chi connectivity index (χ1v) is 33.3. The van der Waals surface area contributed by atoms with Crippen LogP contribution in [0.4, 0.5) is 34.3 Å². The number of ether oxygens (including phenoxy) is 1. The van der Waals surface area contributed by atoms with Crippen LogP contribution < -0.4 is 14.5 Å². The summed E-state index contributed by atoms with van der Waals surface area (Å²) >= 11 is 2.52. The summed E-state index contributed by atoms with van der Waals surface area (Å²) < 4.78 is 13.0. The predicted molar refractivity (Wildman–Crippen MR) is 382 cm³/mol. The van der Waals surface area contributed by atoms with E-state index < -0.39 is 5.41 Å². The number of benzene rings is 12. The number of nitrogens with zero attached hydrogens (tertiary/aromatic N) is 5. The molecule has 0 saturated heterocycles. The third-order valence-corrected chi connectivity index (χ3v) is 19.7. The Kier molecular flexibility index (Phi) is 14.4. The van der Waals surface area contributed by atoms with Gasteiger partial charge in [0, 0.05) is 17.6 Å². The summed E-state index contributed by atoms with van der Waals surface area (Å²) in [6, 6.07) is 113. The average Bonchev–Trinajstić information content (AvgIpc) is 0.809. The smallest absolute Gasteiger partial charge is 0.310 e. The minimum Gasteiger partial charge on any atom is -0.310 e. The van der Waals surface area contributed by atoms with Crippen molar-refractivity contribution in [2.75, 3.05) is 9.80 Å². The van der Waals surface area contributed by atoms with Gasteiger partial charge >= 0.3 is 331 Å². The number of hydrogen-bond donors (Lipinski definition) is 0. The molecule has 0 fully saturated rings. The molecule has 4 heterocycles. The van der Waals surface area contributed by atoms with Crippen molar-refractivity contribution in [1.29, 1.82) is 0 Å². The Morgan fingerprint density at radius 2 is 0.904 bits per heavy atom. The summed E-state index contributed by atoms with van der Waals surface area (Å²) in [5.41, 5.74) is 24.0. The Labute approximate surface area is 561 Å². The van der Waals surface area contributed by atoms with Gasteiger partial charge in [-0.15, -0.1) is 0 Å². The molecule has 0 radical (unpaired) electrons. The van der Waals surface area contributed by atoms with Crippen molar-refractivity contribution in [2.24, 2.45) is 0 Å². The van der Waals surface area contributed by atoms with Crippen LogP contribution in [0.25, 0.3) is 66.9 Å². The van der Waals surface area contributed by atoms with Crippen molar-refractivity contribution in [1.82, 2.24) is 14.1 Å². The average molecular weight is 1390 g/mol. The number of rotatable bonds is 10. The van der Waals surface area contributed by atoms with Crippen molar-refractivity contribution >= 4 is 45.3 Å². The molecule has 7 heteroatoms. The summed E-state index contributed by atoms with van der Waals surface area (Å²) in [6.07, 6.45) is 1.95. The van der Waals surface area contributed by atoms with Crippen LogP contribution in [0.15, 0.2) is 297 Å². The molecule has 1 unspecified atom stereocenters. The van der Waals surface area contributed by atoms with E-state index in [4.69, 9.17) is 9.72 Å². The maximum atomic E-state index is 7.24. The molecule has 1 atom stereocenters. The van der Waals surface area contributed by atoms with Crippen molar-refractivity contribution < 1.29 is 24.1 Å². The van der Waals surface area contributed by atoms with Crippen LogP contribution in [-0.4, -0.2) is 14.1 Å². The maximum absolute atomic E-state index is 7.24. The molecule has 2 aromatic heterocycles. The minimum absolute atomic E-state index is 0.113. The molecule has 2 aliphatic heterocycles. The van der Waals surface area contributed by atoms with Crippen LogP contribution in [0.5, 0.6) is 11.5 Å². The number of fused-ring (bicyclic) bond motifs is 9. The summed E-state index contributed by atoms with van der Waals surface area (Å²) in [7, 11) is 0. The van der Waals surface area contributed by atoms with Crippen LogP contribution in [0.3, 0.4) is 0 Å². The predicted octanol–water partition coefficient (Wildman–Crippen LogP) is 22.5. The molecule has 458 valence electrons. The SMILES string of the molecule is CC(C)(C)c1ccnc(N2c3[c-]c(Oc4[c-]c(-n5[c](=[Pt])n(-c6c(-c7ccccc7)cc(C(C)(C)C)cc6-c6ccccc6)c6ccccc65)ccc4)ccc3C3(c4cc(-c5ccccc5)ccc42)c2ccccc2N(c2ccccc2)c2cc(-c4ccccc4)ccc23)c1. The van der Waals surface area contributed by atoms with E-state index in [1.165, 1.54) is 11.1 Å². The number of aromatic nitrogens is 3. The summed E-state index contributed by atoms with van der Waals surface area (Å²) in [6.45, 7) is 13.7. The molecule has 1 spiro atoms. The standard InChI is InChI=1S/C87H67N5O.Pt/c1-85(2,3)65-49-50-88-83(55-65)92-78-48-44-63(59-27-12-7-13-28-59)51-76(78)87(73-39-22-23-40-77(73)91(67-35-20-11-21-36-67)81-52-64(43-46-74(81)87)60-29-14-8-15-30-60)75-47-45-70(57-82(75)92)93-69-38-26-37-68(56-69)89-58-90(80-42-25-24-41-79(80)89)84-71(61-31-16-9-17-32-61)53-66(86(4,5)6)54-72(84)62-33-18-10-19-34-62;/h7-55H,1-6H3;/q-2;. The number of hydrogen-bond acceptors (Lipinski definition) is 4. The van der Waals surface area contributed by atoms with Gasteiger partial charge in [-0.2, -0.15) is 0 Å². The summed E-state index contributed by atoms with van der Waals surface area (Å²) in [4.78, 5) is 10.1. The molecule has 2 aliphatic rings. The van der Waals surface area contributed by atoms with E-state index >= 15 is 0 Å². The number of para-hydroxylation sites is 4. The van der Waals surface area contributed by atoms with Crippen molar-refractivity contribution in [3.8, 4) is 67.4 Å². The van der Waals surface area contributed by atoms with E-state index in [2.05, 4.69) is 377 Å². The fourth-order valence-electron chi connectivity index (χ4n) is 14.2. The Morgan fingerprint density at radius 3 is 1.54 bits per heavy atom. The first-order valence-electron chi connectivity index (χ1n) is 32.2. The molecular weight excluding hydrogens is 1330 g/mol. The van der Waals surface area contributed by atoms with Gasteiger partial charge in [-0.3, -0.25) is 0 Å². The quantitative estimate of drug-likeness (QED) is 0.128. The Hall–Kier alpha value is -10.7. The first-order chi connectivity index (χ1) is 45.8. The molecule has 6 nitrogen and oxygen atoms in total. The van der Waals surface area contributed by atoms with Crippen molar-refractivity contribution in [2.45, 2.75) is 57.8 Å². The van der Waals surface area contributed by atoms with E-state index in [1.807, 2.05) is 12.3 Å². The summed E-state index contributed by atoms with van der Waals surface area (Å²) in [5, 5.41) is 0. The molecule has 12 aromatic carbocycles. The van der Waals surface area contributed by atoms with Gasteiger partial charge in [-0.05, 0) is 69.6 Å². The fourth-order valence-corrected chi connectivity index (χ4v) is 15.3. The molecule has 0 bridgehead atoms. The fraction of sp³-hybridized carbons (Fsp3) is 0.103. The molecule has 16 rings (SSSR count). The number of pyridine rings is 1. The van der Waals surface area contributed by atoms with Crippen LogP contribution in [-0.2, 0) is 35.6 Å². The summed E-state index contributed by atoms with van der Waals surface area (Å²) in [5.74, 6) is 1.88.